The standard InChI is InChI=1S/C18H16F2N4O2S/c1-2-25-14-7-3-12(4-8-14)11-21-24-16(22-23-18(24)27)13-5-9-15(10-6-13)26-17(19)20/h3-11,17H,2H2,1H3,(H,23,27). The number of nitrogens with one attached hydrogen (secondary N) is 1. The summed E-state index contributed by atoms with van der Waals surface area (Å²) in [4.78, 5) is 0. The van der Waals surface area contributed by atoms with Crippen LogP contribution < -0.4 is 9.47 Å². The first-order chi connectivity index (χ1) is 13.1. The highest BCUT2D eigenvalue weighted by Gasteiger charge is 2.10. The quantitative estimate of drug-likeness (QED) is 0.477. The molecular formula is C18H16F2N4O2S. The molecule has 3 rings (SSSR count). The number of aromatic nitrogens is 3. The van der Waals surface area contributed by atoms with Crippen molar-refractivity contribution in [3.63, 3.8) is 0 Å². The summed E-state index contributed by atoms with van der Waals surface area (Å²) < 4.78 is 36.0. The molecule has 3 aromatic rings. The lowest BCUT2D eigenvalue weighted by Crippen LogP contribution is -2.01. The average Bonchev–Trinajstić information content (AvgIpc) is 3.02. The zero-order valence-corrected chi connectivity index (χ0v) is 15.1. The van der Waals surface area contributed by atoms with E-state index in [4.69, 9.17) is 17.0 Å². The van der Waals surface area contributed by atoms with Crippen LogP contribution in [0.2, 0.25) is 0 Å². The van der Waals surface area contributed by atoms with Crippen molar-refractivity contribution in [1.82, 2.24) is 14.9 Å². The van der Waals surface area contributed by atoms with E-state index in [1.165, 1.54) is 16.8 Å². The Labute approximate surface area is 159 Å². The van der Waals surface area contributed by atoms with Crippen molar-refractivity contribution < 1.29 is 18.3 Å². The summed E-state index contributed by atoms with van der Waals surface area (Å²) in [6, 6.07) is 13.5. The fourth-order valence-corrected chi connectivity index (χ4v) is 2.49. The first kappa shape index (κ1) is 18.7. The summed E-state index contributed by atoms with van der Waals surface area (Å²) in [5, 5.41) is 11.2. The molecule has 0 bridgehead atoms. The van der Waals surface area contributed by atoms with Crippen LogP contribution in [0.1, 0.15) is 12.5 Å². The van der Waals surface area contributed by atoms with E-state index in [1.54, 1.807) is 18.3 Å². The van der Waals surface area contributed by atoms with Gasteiger partial charge in [0.2, 0.25) is 4.77 Å². The maximum absolute atomic E-state index is 12.3. The minimum atomic E-state index is -2.87. The number of ether oxygens (including phenoxy) is 2. The Balaban J connectivity index is 1.83. The van der Waals surface area contributed by atoms with E-state index in [2.05, 4.69) is 20.0 Å². The second-order valence-corrected chi connectivity index (χ2v) is 5.70. The average molecular weight is 390 g/mol. The zero-order chi connectivity index (χ0) is 19.2. The number of nitrogens with zero attached hydrogens (tertiary/aromatic N) is 3. The van der Waals surface area contributed by atoms with Gasteiger partial charge >= 0.3 is 6.61 Å². The number of H-pyrrole nitrogens is 1. The number of halogens is 2. The van der Waals surface area contributed by atoms with E-state index in [0.29, 0.717) is 22.8 Å². The third-order valence-electron chi connectivity index (χ3n) is 3.50. The van der Waals surface area contributed by atoms with E-state index >= 15 is 0 Å². The van der Waals surface area contributed by atoms with Crippen LogP contribution in [-0.4, -0.2) is 34.3 Å². The Hall–Kier alpha value is -3.07. The van der Waals surface area contributed by atoms with Crippen molar-refractivity contribution in [1.29, 1.82) is 0 Å². The molecule has 0 atom stereocenters. The third kappa shape index (κ3) is 4.76. The van der Waals surface area contributed by atoms with Crippen LogP contribution in [-0.2, 0) is 0 Å². The topological polar surface area (TPSA) is 64.4 Å². The molecule has 9 heteroatoms. The maximum Gasteiger partial charge on any atom is 0.387 e. The molecule has 0 saturated carbocycles. The van der Waals surface area contributed by atoms with Crippen molar-refractivity contribution >= 4 is 18.4 Å². The lowest BCUT2D eigenvalue weighted by molar-refractivity contribution is -0.0498. The van der Waals surface area contributed by atoms with Gasteiger partial charge in [0.15, 0.2) is 5.82 Å². The van der Waals surface area contributed by atoms with E-state index in [0.717, 1.165) is 11.3 Å². The molecule has 1 heterocycles. The van der Waals surface area contributed by atoms with Gasteiger partial charge in [-0.3, -0.25) is 0 Å². The molecule has 140 valence electrons. The van der Waals surface area contributed by atoms with Gasteiger partial charge in [-0.15, -0.1) is 0 Å². The minimum Gasteiger partial charge on any atom is -0.494 e. The SMILES string of the molecule is CCOc1ccc(C=Nn2c(-c3ccc(OC(F)F)cc3)n[nH]c2=S)cc1. The lowest BCUT2D eigenvalue weighted by Gasteiger charge is -2.05. The molecule has 27 heavy (non-hydrogen) atoms. The summed E-state index contributed by atoms with van der Waals surface area (Å²) >= 11 is 5.21. The number of alkyl halides is 2. The van der Waals surface area contributed by atoms with Gasteiger partial charge in [-0.1, -0.05) is 0 Å². The highest BCUT2D eigenvalue weighted by Crippen LogP contribution is 2.22. The van der Waals surface area contributed by atoms with Crippen molar-refractivity contribution in [2.75, 3.05) is 6.61 Å². The Morgan fingerprint density at radius 2 is 1.81 bits per heavy atom. The van der Waals surface area contributed by atoms with E-state index in [1.807, 2.05) is 31.2 Å². The third-order valence-corrected chi connectivity index (χ3v) is 3.77. The second-order valence-electron chi connectivity index (χ2n) is 5.31. The second kappa shape index (κ2) is 8.54. The predicted molar refractivity (Wildman–Crippen MR) is 100 cm³/mol. The van der Waals surface area contributed by atoms with Gasteiger partial charge in [0, 0.05) is 5.56 Å². The normalized spacial score (nSPS) is 11.3. The van der Waals surface area contributed by atoms with Crippen molar-refractivity contribution in [2.24, 2.45) is 5.10 Å². The molecule has 0 saturated heterocycles. The molecule has 0 unspecified atom stereocenters. The van der Waals surface area contributed by atoms with Gasteiger partial charge in [0.05, 0.1) is 12.8 Å². The van der Waals surface area contributed by atoms with Crippen LogP contribution in [0.25, 0.3) is 11.4 Å². The molecule has 1 N–H and O–H groups in total. The zero-order valence-electron chi connectivity index (χ0n) is 14.3. The van der Waals surface area contributed by atoms with Crippen molar-refractivity contribution in [3.05, 3.63) is 58.9 Å². The molecule has 0 aliphatic heterocycles. The molecule has 0 aliphatic carbocycles. The Morgan fingerprint density at radius 3 is 2.44 bits per heavy atom. The molecular weight excluding hydrogens is 374 g/mol. The van der Waals surface area contributed by atoms with Gasteiger partial charge in [-0.05, 0) is 73.2 Å². The van der Waals surface area contributed by atoms with Gasteiger partial charge in [0.1, 0.15) is 11.5 Å². The van der Waals surface area contributed by atoms with Crippen molar-refractivity contribution in [2.45, 2.75) is 13.5 Å². The number of benzene rings is 2. The van der Waals surface area contributed by atoms with Gasteiger partial charge in [0.25, 0.3) is 0 Å². The summed E-state index contributed by atoms with van der Waals surface area (Å²) in [5.41, 5.74) is 1.50. The smallest absolute Gasteiger partial charge is 0.387 e. The fraction of sp³-hybridized carbons (Fsp3) is 0.167. The maximum atomic E-state index is 12.3. The molecule has 0 amide bonds. The highest BCUT2D eigenvalue weighted by atomic mass is 32.1. The first-order valence-corrected chi connectivity index (χ1v) is 8.47. The van der Waals surface area contributed by atoms with Gasteiger partial charge in [-0.2, -0.15) is 23.7 Å². The van der Waals surface area contributed by atoms with E-state index in [9.17, 15) is 8.78 Å². The minimum absolute atomic E-state index is 0.0623. The van der Waals surface area contributed by atoms with Crippen LogP contribution in [0.5, 0.6) is 11.5 Å². The lowest BCUT2D eigenvalue weighted by atomic mass is 10.2. The van der Waals surface area contributed by atoms with E-state index < -0.39 is 6.61 Å². The molecule has 6 nitrogen and oxygen atoms in total. The molecule has 0 spiro atoms. The van der Waals surface area contributed by atoms with Gasteiger partial charge in [-0.25, -0.2) is 5.10 Å². The summed E-state index contributed by atoms with van der Waals surface area (Å²) in [6.07, 6.45) is 1.64. The molecule has 0 aliphatic rings. The van der Waals surface area contributed by atoms with Crippen molar-refractivity contribution in [3.8, 4) is 22.9 Å². The number of hydrogen-bond donors (Lipinski definition) is 1. The molecule has 0 radical (unpaired) electrons. The molecule has 1 aromatic heterocycles. The largest absolute Gasteiger partial charge is 0.494 e. The number of rotatable bonds is 7. The van der Waals surface area contributed by atoms with Crippen LogP contribution in [0.3, 0.4) is 0 Å². The fourth-order valence-electron chi connectivity index (χ4n) is 2.31. The number of hydrogen-bond acceptors (Lipinski definition) is 5. The highest BCUT2D eigenvalue weighted by molar-refractivity contribution is 7.71. The Kier molecular flexibility index (Phi) is 5.92. The van der Waals surface area contributed by atoms with Gasteiger partial charge < -0.3 is 9.47 Å². The van der Waals surface area contributed by atoms with Crippen LogP contribution in [0, 0.1) is 4.77 Å². The Bertz CT molecular complexity index is 966. The molecule has 0 fully saturated rings. The monoisotopic (exact) mass is 390 g/mol. The summed E-state index contributed by atoms with van der Waals surface area (Å²) in [5.74, 6) is 1.29. The van der Waals surface area contributed by atoms with Crippen LogP contribution in [0.15, 0.2) is 53.6 Å². The Morgan fingerprint density at radius 1 is 1.15 bits per heavy atom. The van der Waals surface area contributed by atoms with Crippen LogP contribution in [0.4, 0.5) is 8.78 Å². The summed E-state index contributed by atoms with van der Waals surface area (Å²) in [7, 11) is 0. The first-order valence-electron chi connectivity index (χ1n) is 8.06. The number of aromatic amines is 1. The van der Waals surface area contributed by atoms with Crippen LogP contribution >= 0.6 is 12.2 Å². The van der Waals surface area contributed by atoms with E-state index in [-0.39, 0.29) is 5.75 Å². The summed E-state index contributed by atoms with van der Waals surface area (Å²) in [6.45, 7) is -0.352. The molecule has 2 aromatic carbocycles. The predicted octanol–water partition coefficient (Wildman–Crippen LogP) is 4.49.